The van der Waals surface area contributed by atoms with Crippen LogP contribution in [0.3, 0.4) is 0 Å². The van der Waals surface area contributed by atoms with E-state index in [4.69, 9.17) is 0 Å². The van der Waals surface area contributed by atoms with Crippen LogP contribution < -0.4 is 4.90 Å². The number of carbonyl (C=O) groups excluding carboxylic acids is 1. The van der Waals surface area contributed by atoms with Gasteiger partial charge in [0.2, 0.25) is 5.91 Å². The summed E-state index contributed by atoms with van der Waals surface area (Å²) in [6.45, 7) is 2.27. The zero-order chi connectivity index (χ0) is 22.3. The van der Waals surface area contributed by atoms with Gasteiger partial charge in [-0.3, -0.25) is 9.69 Å². The molecule has 1 aromatic rings. The largest absolute Gasteiger partial charge is 0.396 e. The summed E-state index contributed by atoms with van der Waals surface area (Å²) in [5.74, 6) is -1.61. The molecule has 1 aromatic carbocycles. The third-order valence-corrected chi connectivity index (χ3v) is 5.61. The number of β-amino-alcohol motifs (C(OH)–C–C–N with tert-alkyl or cyclic N) is 1. The number of halogens is 2. The number of rotatable bonds is 10. The Morgan fingerprint density at radius 2 is 1.83 bits per heavy atom. The van der Waals surface area contributed by atoms with E-state index in [9.17, 15) is 34.0 Å². The Morgan fingerprint density at radius 1 is 1.13 bits per heavy atom. The number of piperidine rings is 1. The van der Waals surface area contributed by atoms with Crippen molar-refractivity contribution >= 4 is 11.6 Å². The van der Waals surface area contributed by atoms with E-state index in [1.807, 2.05) is 4.90 Å². The van der Waals surface area contributed by atoms with Gasteiger partial charge in [0.1, 0.15) is 17.7 Å². The van der Waals surface area contributed by atoms with Crippen LogP contribution in [0.2, 0.25) is 0 Å². The number of anilines is 1. The number of nitrogens with zero attached hydrogens (tertiary/aromatic N) is 2. The van der Waals surface area contributed by atoms with E-state index < -0.39 is 36.0 Å². The van der Waals surface area contributed by atoms with Crippen LogP contribution in [0.5, 0.6) is 0 Å². The molecule has 1 fully saturated rings. The first kappa shape index (κ1) is 24.6. The van der Waals surface area contributed by atoms with Gasteiger partial charge in [0.15, 0.2) is 0 Å². The lowest BCUT2D eigenvalue weighted by atomic mass is 9.91. The van der Waals surface area contributed by atoms with Crippen molar-refractivity contribution in [2.75, 3.05) is 31.1 Å². The van der Waals surface area contributed by atoms with Crippen molar-refractivity contribution in [3.8, 4) is 0 Å². The molecule has 0 radical (unpaired) electrons. The van der Waals surface area contributed by atoms with Crippen molar-refractivity contribution in [2.24, 2.45) is 0 Å². The van der Waals surface area contributed by atoms with Crippen molar-refractivity contribution in [3.05, 3.63) is 29.8 Å². The molecular weight excluding hydrogens is 398 g/mol. The van der Waals surface area contributed by atoms with E-state index in [1.165, 1.54) is 11.8 Å². The molecule has 0 unspecified atom stereocenters. The summed E-state index contributed by atoms with van der Waals surface area (Å²) in [5, 5.41) is 39.1. The van der Waals surface area contributed by atoms with Gasteiger partial charge < -0.3 is 25.3 Å². The normalized spacial score (nSPS) is 24.8. The van der Waals surface area contributed by atoms with Crippen molar-refractivity contribution in [2.45, 2.75) is 63.4 Å². The Bertz CT molecular complexity index is 693. The molecule has 170 valence electrons. The summed E-state index contributed by atoms with van der Waals surface area (Å²) in [6, 6.07) is 2.60. The van der Waals surface area contributed by atoms with Gasteiger partial charge in [0, 0.05) is 38.7 Å². The highest BCUT2D eigenvalue weighted by Crippen LogP contribution is 2.23. The number of hydrogen-bond donors (Lipinski definition) is 4. The third-order valence-electron chi connectivity index (χ3n) is 5.61. The maximum atomic E-state index is 14.0. The van der Waals surface area contributed by atoms with Crippen LogP contribution in [0.25, 0.3) is 0 Å². The monoisotopic (exact) mass is 430 g/mol. The second kappa shape index (κ2) is 11.7. The summed E-state index contributed by atoms with van der Waals surface area (Å²) in [6.07, 6.45) is -0.158. The molecule has 0 bridgehead atoms. The molecule has 1 aliphatic heterocycles. The molecule has 4 atom stereocenters. The van der Waals surface area contributed by atoms with Crippen molar-refractivity contribution in [3.63, 3.8) is 0 Å². The highest BCUT2D eigenvalue weighted by Gasteiger charge is 2.40. The van der Waals surface area contributed by atoms with E-state index >= 15 is 0 Å². The fraction of sp³-hybridized carbons (Fsp3) is 0.667. The first-order chi connectivity index (χ1) is 14.3. The summed E-state index contributed by atoms with van der Waals surface area (Å²) in [5.41, 5.74) is -0.0656. The number of aliphatic hydroxyl groups excluding tert-OH is 4. The van der Waals surface area contributed by atoms with Crippen molar-refractivity contribution in [1.29, 1.82) is 0 Å². The van der Waals surface area contributed by atoms with Crippen molar-refractivity contribution < 1.29 is 34.0 Å². The van der Waals surface area contributed by atoms with Crippen LogP contribution in [-0.2, 0) is 4.79 Å². The molecule has 7 nitrogen and oxygen atoms in total. The highest BCUT2D eigenvalue weighted by atomic mass is 19.1. The van der Waals surface area contributed by atoms with Crippen molar-refractivity contribution in [1.82, 2.24) is 4.90 Å². The van der Waals surface area contributed by atoms with Gasteiger partial charge in [-0.2, -0.15) is 0 Å². The number of amides is 1. The molecule has 0 aliphatic carbocycles. The Labute approximate surface area is 175 Å². The average molecular weight is 430 g/mol. The quantitative estimate of drug-likeness (QED) is 0.414. The lowest BCUT2D eigenvalue weighted by molar-refractivity contribution is -0.140. The molecule has 1 heterocycles. The van der Waals surface area contributed by atoms with E-state index in [-0.39, 0.29) is 31.3 Å². The van der Waals surface area contributed by atoms with Crippen LogP contribution in [0.15, 0.2) is 18.2 Å². The predicted octanol–water partition coefficient (Wildman–Crippen LogP) is 1.03. The minimum absolute atomic E-state index is 0.0656. The van der Waals surface area contributed by atoms with Gasteiger partial charge in [-0.15, -0.1) is 0 Å². The fourth-order valence-electron chi connectivity index (χ4n) is 3.98. The molecular formula is C21H32F2N2O5. The molecule has 1 amide bonds. The smallest absolute Gasteiger partial charge is 0.223 e. The standard InChI is InChI=1S/C21H32F2N2O5/c1-14(27)25(18-12-15(22)6-7-16(18)23)10-5-3-2-4-9-24-13-19(28)21(30)20(29)17(24)8-11-26/h6-7,12,17,19-21,26,28-30H,2-5,8-11,13H2,1H3/t17-,19+,20-,21-/m1/s1. The van der Waals surface area contributed by atoms with Gasteiger partial charge >= 0.3 is 0 Å². The zero-order valence-electron chi connectivity index (χ0n) is 17.3. The van der Waals surface area contributed by atoms with Gasteiger partial charge in [-0.25, -0.2) is 8.78 Å². The summed E-state index contributed by atoms with van der Waals surface area (Å²) >= 11 is 0. The predicted molar refractivity (Wildman–Crippen MR) is 108 cm³/mol. The van der Waals surface area contributed by atoms with E-state index in [1.54, 1.807) is 0 Å². The van der Waals surface area contributed by atoms with Crippen LogP contribution >= 0.6 is 0 Å². The van der Waals surface area contributed by atoms with Gasteiger partial charge in [0.25, 0.3) is 0 Å². The molecule has 4 N–H and O–H groups in total. The highest BCUT2D eigenvalue weighted by molar-refractivity contribution is 5.91. The summed E-state index contributed by atoms with van der Waals surface area (Å²) in [4.78, 5) is 15.0. The minimum atomic E-state index is -1.22. The second-order valence-electron chi connectivity index (χ2n) is 7.80. The Balaban J connectivity index is 1.80. The number of aliphatic hydroxyl groups is 4. The minimum Gasteiger partial charge on any atom is -0.396 e. The average Bonchev–Trinajstić information content (AvgIpc) is 2.70. The molecule has 0 spiro atoms. The lowest BCUT2D eigenvalue weighted by Gasteiger charge is -2.43. The first-order valence-corrected chi connectivity index (χ1v) is 10.4. The fourth-order valence-corrected chi connectivity index (χ4v) is 3.98. The van der Waals surface area contributed by atoms with Crippen LogP contribution in [0, 0.1) is 11.6 Å². The molecule has 1 saturated heterocycles. The van der Waals surface area contributed by atoms with E-state index in [2.05, 4.69) is 0 Å². The Morgan fingerprint density at radius 3 is 2.50 bits per heavy atom. The topological polar surface area (TPSA) is 104 Å². The van der Waals surface area contributed by atoms with Crippen LogP contribution in [0.1, 0.15) is 39.0 Å². The number of carbonyl (C=O) groups is 1. The number of unbranched alkanes of at least 4 members (excludes halogenated alkanes) is 3. The van der Waals surface area contributed by atoms with E-state index in [0.29, 0.717) is 19.4 Å². The molecule has 0 saturated carbocycles. The van der Waals surface area contributed by atoms with Gasteiger partial charge in [0.05, 0.1) is 17.9 Å². The summed E-state index contributed by atoms with van der Waals surface area (Å²) < 4.78 is 27.4. The van der Waals surface area contributed by atoms with Crippen LogP contribution in [-0.4, -0.2) is 81.8 Å². The Hall–Kier alpha value is -1.65. The Kier molecular flexibility index (Phi) is 9.57. The maximum Gasteiger partial charge on any atom is 0.223 e. The molecule has 1 aliphatic rings. The van der Waals surface area contributed by atoms with Gasteiger partial charge in [-0.05, 0) is 37.9 Å². The SMILES string of the molecule is CC(=O)N(CCCCCCN1C[C@H](O)[C@@H](O)[C@H](O)[C@H]1CCO)c1cc(F)ccc1F. The third kappa shape index (κ3) is 6.42. The first-order valence-electron chi connectivity index (χ1n) is 10.4. The molecule has 2 rings (SSSR count). The van der Waals surface area contributed by atoms with E-state index in [0.717, 1.165) is 37.5 Å². The second-order valence-corrected chi connectivity index (χ2v) is 7.80. The van der Waals surface area contributed by atoms with Crippen LogP contribution in [0.4, 0.5) is 14.5 Å². The lowest BCUT2D eigenvalue weighted by Crippen LogP contribution is -2.61. The molecule has 9 heteroatoms. The number of benzene rings is 1. The molecule has 30 heavy (non-hydrogen) atoms. The summed E-state index contributed by atoms with van der Waals surface area (Å²) in [7, 11) is 0. The zero-order valence-corrected chi connectivity index (χ0v) is 17.3. The number of likely N-dealkylation sites (tertiary alicyclic amines) is 1. The molecule has 0 aromatic heterocycles. The number of hydrogen-bond acceptors (Lipinski definition) is 6. The maximum absolute atomic E-state index is 14.0. The van der Waals surface area contributed by atoms with Gasteiger partial charge in [-0.1, -0.05) is 12.8 Å².